The van der Waals surface area contributed by atoms with E-state index in [0.717, 1.165) is 39.2 Å². The summed E-state index contributed by atoms with van der Waals surface area (Å²) >= 11 is 5.68. The maximum Gasteiger partial charge on any atom is 0.160 e. The molecule has 2 aliphatic rings. The molecule has 0 radical (unpaired) electrons. The highest BCUT2D eigenvalue weighted by atomic mass is 32.2. The van der Waals surface area contributed by atoms with E-state index in [0.29, 0.717) is 11.1 Å². The van der Waals surface area contributed by atoms with Crippen LogP contribution < -0.4 is 0 Å². The minimum atomic E-state index is -0.0427. The molecule has 2 nitrogen and oxygen atoms in total. The summed E-state index contributed by atoms with van der Waals surface area (Å²) in [7, 11) is 0. The Bertz CT molecular complexity index is 3730. The van der Waals surface area contributed by atoms with Gasteiger partial charge in [-0.15, -0.1) is 34.4 Å². The molecule has 64 heavy (non-hydrogen) atoms. The molecule has 1 aliphatic carbocycles. The van der Waals surface area contributed by atoms with Crippen LogP contribution in [-0.4, -0.2) is 15.2 Å². The van der Waals surface area contributed by atoms with Crippen LogP contribution in [0.2, 0.25) is 0 Å². The molecule has 0 saturated carbocycles. The lowest BCUT2D eigenvalue weighted by molar-refractivity contribution is 0.620. The van der Waals surface area contributed by atoms with Gasteiger partial charge in [-0.05, 0) is 99.6 Å². The van der Waals surface area contributed by atoms with E-state index in [-0.39, 0.29) is 5.41 Å². The summed E-state index contributed by atoms with van der Waals surface area (Å²) in [6.45, 7) is 2.38. The average Bonchev–Trinajstić information content (AvgIpc) is 4.02. The summed E-state index contributed by atoms with van der Waals surface area (Å²) < 4.78 is 5.23. The number of fused-ring (bicyclic) bond motifs is 9. The molecule has 8 aromatic carbocycles. The van der Waals surface area contributed by atoms with E-state index < -0.39 is 0 Å². The van der Waals surface area contributed by atoms with Crippen molar-refractivity contribution in [3.8, 4) is 67.3 Å². The second kappa shape index (κ2) is 14.9. The van der Waals surface area contributed by atoms with Gasteiger partial charge in [0.1, 0.15) is 0 Å². The number of allylic oxidation sites excluding steroid dienone is 3. The first-order valence-corrected chi connectivity index (χ1v) is 24.2. The fourth-order valence-corrected chi connectivity index (χ4v) is 13.4. The van der Waals surface area contributed by atoms with Gasteiger partial charge in [0.2, 0.25) is 0 Å². The molecular weight excluding hydrogens is 833 g/mol. The Morgan fingerprint density at radius 2 is 1.00 bits per heavy atom. The van der Waals surface area contributed by atoms with Crippen LogP contribution in [0.25, 0.3) is 108 Å². The zero-order valence-corrected chi connectivity index (χ0v) is 37.3. The Balaban J connectivity index is 0.975. The Morgan fingerprint density at radius 3 is 1.77 bits per heavy atom. The zero-order valence-electron chi connectivity index (χ0n) is 34.8. The van der Waals surface area contributed by atoms with Crippen molar-refractivity contribution in [3.05, 3.63) is 212 Å². The number of thiophene rings is 2. The lowest BCUT2D eigenvalue weighted by atomic mass is 9.76. The monoisotopic (exact) mass is 870 g/mol. The standard InChI is InChI=1S/C59H38N2S3/c1-59-30-10-9-17-57(59)64-56-29-24-41(34-49(56)59)40-22-26-43(42-25-28-55-48(33-42)45-14-6-8-16-53(45)63-55)46(31-40)51-35-50(60-58(61-51)38-11-3-2-4-12-38)37-20-18-36(19-21-37)39-23-27-54-47(32-39)44-13-5-7-15-52(44)62-54/h2-35,57H,1H3. The van der Waals surface area contributed by atoms with Gasteiger partial charge in [0, 0.05) is 72.6 Å². The molecule has 3 aromatic heterocycles. The number of benzene rings is 8. The molecule has 0 N–H and O–H groups in total. The molecule has 0 saturated heterocycles. The number of thioether (sulfide) groups is 1. The molecule has 11 aromatic rings. The van der Waals surface area contributed by atoms with Gasteiger partial charge in [-0.2, -0.15) is 0 Å². The Hall–Kier alpha value is -6.89. The van der Waals surface area contributed by atoms with Gasteiger partial charge in [0.25, 0.3) is 0 Å². The van der Waals surface area contributed by atoms with Crippen LogP contribution in [0.3, 0.4) is 0 Å². The first-order valence-electron chi connectivity index (χ1n) is 21.7. The maximum absolute atomic E-state index is 5.43. The normalized spacial score (nSPS) is 16.5. The molecular formula is C59H38N2S3. The van der Waals surface area contributed by atoms with Gasteiger partial charge in [-0.3, -0.25) is 0 Å². The largest absolute Gasteiger partial charge is 0.228 e. The molecule has 0 amide bonds. The fourth-order valence-electron chi connectivity index (χ4n) is 9.76. The molecule has 4 heterocycles. The van der Waals surface area contributed by atoms with Crippen molar-refractivity contribution in [1.82, 2.24) is 9.97 Å². The highest BCUT2D eigenvalue weighted by Crippen LogP contribution is 2.53. The smallest absolute Gasteiger partial charge is 0.160 e. The Morgan fingerprint density at radius 1 is 0.422 bits per heavy atom. The molecule has 0 fully saturated rings. The van der Waals surface area contributed by atoms with E-state index in [1.165, 1.54) is 73.1 Å². The van der Waals surface area contributed by atoms with E-state index in [2.05, 4.69) is 207 Å². The predicted molar refractivity (Wildman–Crippen MR) is 276 cm³/mol. The summed E-state index contributed by atoms with van der Waals surface area (Å²) in [5.74, 6) is 0.702. The molecule has 1 aliphatic heterocycles. The maximum atomic E-state index is 5.43. The van der Waals surface area contributed by atoms with Crippen LogP contribution in [0, 0.1) is 0 Å². The van der Waals surface area contributed by atoms with E-state index >= 15 is 0 Å². The van der Waals surface area contributed by atoms with Crippen molar-refractivity contribution >= 4 is 74.8 Å². The van der Waals surface area contributed by atoms with Crippen molar-refractivity contribution in [1.29, 1.82) is 0 Å². The minimum absolute atomic E-state index is 0.0427. The Kier molecular flexibility index (Phi) is 8.74. The van der Waals surface area contributed by atoms with Gasteiger partial charge >= 0.3 is 0 Å². The highest BCUT2D eigenvalue weighted by Gasteiger charge is 2.41. The lowest BCUT2D eigenvalue weighted by Gasteiger charge is -2.28. The summed E-state index contributed by atoms with van der Waals surface area (Å²) in [4.78, 5) is 12.1. The summed E-state index contributed by atoms with van der Waals surface area (Å²) in [5, 5.41) is 5.59. The third-order valence-corrected chi connectivity index (χ3v) is 17.0. The minimum Gasteiger partial charge on any atom is -0.228 e. The lowest BCUT2D eigenvalue weighted by Crippen LogP contribution is -2.28. The summed E-state index contributed by atoms with van der Waals surface area (Å²) in [5.41, 5.74) is 13.3. The van der Waals surface area contributed by atoms with Crippen molar-refractivity contribution in [2.45, 2.75) is 22.5 Å². The highest BCUT2D eigenvalue weighted by molar-refractivity contribution is 8.00. The van der Waals surface area contributed by atoms with Crippen LogP contribution in [0.5, 0.6) is 0 Å². The molecule has 5 heteroatoms. The Labute approximate surface area is 384 Å². The van der Waals surface area contributed by atoms with Crippen LogP contribution in [0.15, 0.2) is 211 Å². The fraction of sp³-hybridized carbons (Fsp3) is 0.0508. The van der Waals surface area contributed by atoms with Crippen molar-refractivity contribution < 1.29 is 0 Å². The SMILES string of the molecule is CC12C=CC=CC1Sc1ccc(-c3ccc(-c4ccc5sc6ccccc6c5c4)c(-c4cc(-c5ccc(-c6ccc7sc8ccccc8c7c6)cc5)nc(-c5ccccc5)n4)c3)cc12. The van der Waals surface area contributed by atoms with Crippen molar-refractivity contribution in [2.24, 2.45) is 0 Å². The molecule has 302 valence electrons. The predicted octanol–water partition coefficient (Wildman–Crippen LogP) is 17.1. The summed E-state index contributed by atoms with van der Waals surface area (Å²) in [6.07, 6.45) is 9.12. The number of aromatic nitrogens is 2. The van der Waals surface area contributed by atoms with E-state index in [9.17, 15) is 0 Å². The van der Waals surface area contributed by atoms with Crippen LogP contribution >= 0.6 is 34.4 Å². The second-order valence-corrected chi connectivity index (χ2v) is 20.4. The van der Waals surface area contributed by atoms with Gasteiger partial charge in [-0.25, -0.2) is 9.97 Å². The first kappa shape index (κ1) is 37.6. The topological polar surface area (TPSA) is 25.8 Å². The summed E-state index contributed by atoms with van der Waals surface area (Å²) in [6, 6.07) is 66.7. The first-order chi connectivity index (χ1) is 31.5. The van der Waals surface area contributed by atoms with E-state index in [1.807, 2.05) is 40.5 Å². The molecule has 2 unspecified atom stereocenters. The number of hydrogen-bond donors (Lipinski definition) is 0. The van der Waals surface area contributed by atoms with Crippen LogP contribution in [0.4, 0.5) is 0 Å². The number of nitrogens with zero attached hydrogens (tertiary/aromatic N) is 2. The molecule has 2 atom stereocenters. The van der Waals surface area contributed by atoms with Gasteiger partial charge < -0.3 is 0 Å². The van der Waals surface area contributed by atoms with Crippen LogP contribution in [0.1, 0.15) is 12.5 Å². The van der Waals surface area contributed by atoms with E-state index in [1.54, 1.807) is 0 Å². The van der Waals surface area contributed by atoms with Gasteiger partial charge in [0.15, 0.2) is 5.82 Å². The zero-order chi connectivity index (χ0) is 42.4. The molecule has 0 bridgehead atoms. The third-order valence-electron chi connectivity index (χ3n) is 13.2. The van der Waals surface area contributed by atoms with Crippen molar-refractivity contribution in [3.63, 3.8) is 0 Å². The third kappa shape index (κ3) is 6.22. The van der Waals surface area contributed by atoms with E-state index in [4.69, 9.17) is 9.97 Å². The van der Waals surface area contributed by atoms with Gasteiger partial charge in [-0.1, -0.05) is 153 Å². The quantitative estimate of drug-likeness (QED) is 0.166. The molecule has 0 spiro atoms. The number of rotatable bonds is 6. The average molecular weight is 871 g/mol. The van der Waals surface area contributed by atoms with Crippen molar-refractivity contribution in [2.75, 3.05) is 0 Å². The van der Waals surface area contributed by atoms with Gasteiger partial charge in [0.05, 0.1) is 11.4 Å². The number of hydrogen-bond acceptors (Lipinski definition) is 5. The second-order valence-electron chi connectivity index (χ2n) is 17.1. The molecule has 13 rings (SSSR count). The van der Waals surface area contributed by atoms with Crippen LogP contribution in [-0.2, 0) is 5.41 Å².